The number of anilines is 2. The van der Waals surface area contributed by atoms with Gasteiger partial charge in [-0.05, 0) is 19.1 Å². The molecule has 0 amide bonds. The highest BCUT2D eigenvalue weighted by molar-refractivity contribution is 5.41. The monoisotopic (exact) mass is 296 g/mol. The van der Waals surface area contributed by atoms with Gasteiger partial charge >= 0.3 is 0 Å². The minimum Gasteiger partial charge on any atom is -0.370 e. The molecule has 0 aliphatic heterocycles. The summed E-state index contributed by atoms with van der Waals surface area (Å²) in [6.07, 6.45) is 6.54. The zero-order valence-electron chi connectivity index (χ0n) is 12.1. The van der Waals surface area contributed by atoms with E-state index in [0.29, 0.717) is 12.5 Å². The second-order valence-electron chi connectivity index (χ2n) is 4.48. The number of nitrogens with one attached hydrogen (secondary N) is 2. The number of hydrogen-bond donors (Lipinski definition) is 2. The van der Waals surface area contributed by atoms with Crippen molar-refractivity contribution in [2.24, 2.45) is 0 Å². The van der Waals surface area contributed by atoms with Gasteiger partial charge in [0.05, 0.1) is 0 Å². The van der Waals surface area contributed by atoms with Gasteiger partial charge in [0, 0.05) is 31.0 Å². The Kier molecular flexibility index (Phi) is 4.19. The van der Waals surface area contributed by atoms with Crippen LogP contribution in [0.1, 0.15) is 12.5 Å². The van der Waals surface area contributed by atoms with E-state index in [9.17, 15) is 0 Å². The Morgan fingerprint density at radius 1 is 1.14 bits per heavy atom. The molecule has 0 aromatic carbocycles. The fraction of sp³-hybridized carbons (Fsp3) is 0.214. The van der Waals surface area contributed by atoms with Crippen LogP contribution in [0.5, 0.6) is 0 Å². The Morgan fingerprint density at radius 2 is 2.09 bits per heavy atom. The van der Waals surface area contributed by atoms with Gasteiger partial charge in [-0.25, -0.2) is 19.6 Å². The molecule has 2 N–H and O–H groups in total. The normalized spacial score (nSPS) is 10.4. The molecule has 0 radical (unpaired) electrons. The van der Waals surface area contributed by atoms with Gasteiger partial charge in [0.15, 0.2) is 5.82 Å². The van der Waals surface area contributed by atoms with Gasteiger partial charge in [0.1, 0.15) is 18.5 Å². The van der Waals surface area contributed by atoms with Gasteiger partial charge in [-0.2, -0.15) is 10.1 Å². The first-order valence-electron chi connectivity index (χ1n) is 6.96. The molecule has 3 aromatic rings. The van der Waals surface area contributed by atoms with E-state index in [1.54, 1.807) is 23.4 Å². The van der Waals surface area contributed by atoms with Gasteiger partial charge in [-0.3, -0.25) is 0 Å². The largest absolute Gasteiger partial charge is 0.370 e. The molecule has 0 atom stereocenters. The molecule has 8 heteroatoms. The zero-order valence-corrected chi connectivity index (χ0v) is 12.1. The maximum Gasteiger partial charge on any atom is 0.224 e. The Labute approximate surface area is 127 Å². The fourth-order valence-corrected chi connectivity index (χ4v) is 1.99. The van der Waals surface area contributed by atoms with Gasteiger partial charge in [-0.15, -0.1) is 0 Å². The zero-order chi connectivity index (χ0) is 15.2. The van der Waals surface area contributed by atoms with Crippen molar-refractivity contribution in [2.45, 2.75) is 13.5 Å². The van der Waals surface area contributed by atoms with Gasteiger partial charge in [0.25, 0.3) is 0 Å². The Hall–Kier alpha value is -3.03. The third kappa shape index (κ3) is 3.17. The molecule has 3 aromatic heterocycles. The molecule has 3 heterocycles. The van der Waals surface area contributed by atoms with Crippen LogP contribution in [0.25, 0.3) is 5.82 Å². The van der Waals surface area contributed by atoms with E-state index in [1.807, 2.05) is 25.1 Å². The van der Waals surface area contributed by atoms with Crippen molar-refractivity contribution >= 4 is 11.8 Å². The molecule has 8 nitrogen and oxygen atoms in total. The lowest BCUT2D eigenvalue weighted by molar-refractivity contribution is 0.826. The number of hydrogen-bond acceptors (Lipinski definition) is 7. The molecule has 0 bridgehead atoms. The number of pyridine rings is 1. The average Bonchev–Trinajstić information content (AvgIpc) is 3.08. The third-order valence-corrected chi connectivity index (χ3v) is 2.95. The van der Waals surface area contributed by atoms with Crippen LogP contribution >= 0.6 is 0 Å². The topological polar surface area (TPSA) is 93.4 Å². The summed E-state index contributed by atoms with van der Waals surface area (Å²) in [4.78, 5) is 16.9. The second-order valence-corrected chi connectivity index (χ2v) is 4.48. The molecule has 0 spiro atoms. The van der Waals surface area contributed by atoms with E-state index in [4.69, 9.17) is 0 Å². The molecule has 22 heavy (non-hydrogen) atoms. The quantitative estimate of drug-likeness (QED) is 0.712. The maximum atomic E-state index is 4.38. The van der Waals surface area contributed by atoms with Crippen molar-refractivity contribution in [1.29, 1.82) is 0 Å². The Bertz CT molecular complexity index is 725. The summed E-state index contributed by atoms with van der Waals surface area (Å²) in [5.74, 6) is 2.09. The highest BCUT2D eigenvalue weighted by Gasteiger charge is 2.07. The van der Waals surface area contributed by atoms with Crippen molar-refractivity contribution < 1.29 is 0 Å². The molecular weight excluding hydrogens is 280 g/mol. The summed E-state index contributed by atoms with van der Waals surface area (Å²) < 4.78 is 1.63. The summed E-state index contributed by atoms with van der Waals surface area (Å²) in [5, 5.41) is 10.5. The first kappa shape index (κ1) is 13.9. The first-order valence-corrected chi connectivity index (χ1v) is 6.96. The summed E-state index contributed by atoms with van der Waals surface area (Å²) >= 11 is 0. The predicted octanol–water partition coefficient (Wildman–Crippen LogP) is 1.50. The molecule has 0 fully saturated rings. The minimum atomic E-state index is 0.540. The van der Waals surface area contributed by atoms with Crippen molar-refractivity contribution in [3.8, 4) is 5.82 Å². The van der Waals surface area contributed by atoms with Gasteiger partial charge in [-0.1, -0.05) is 6.07 Å². The smallest absolute Gasteiger partial charge is 0.224 e. The average molecular weight is 296 g/mol. The predicted molar refractivity (Wildman–Crippen MR) is 82.7 cm³/mol. The van der Waals surface area contributed by atoms with E-state index < -0.39 is 0 Å². The lowest BCUT2D eigenvalue weighted by Crippen LogP contribution is -2.10. The van der Waals surface area contributed by atoms with E-state index >= 15 is 0 Å². The Balaban J connectivity index is 1.76. The minimum absolute atomic E-state index is 0.540. The van der Waals surface area contributed by atoms with E-state index in [-0.39, 0.29) is 0 Å². The molecular formula is C14H16N8. The number of nitrogens with zero attached hydrogens (tertiary/aromatic N) is 6. The number of aromatic nitrogens is 6. The van der Waals surface area contributed by atoms with Crippen LogP contribution in [-0.4, -0.2) is 36.3 Å². The van der Waals surface area contributed by atoms with Crippen LogP contribution in [0.3, 0.4) is 0 Å². The molecule has 3 rings (SSSR count). The molecule has 0 aliphatic carbocycles. The van der Waals surface area contributed by atoms with Crippen LogP contribution in [0.15, 0.2) is 43.2 Å². The van der Waals surface area contributed by atoms with E-state index in [0.717, 1.165) is 23.7 Å². The fourth-order valence-electron chi connectivity index (χ4n) is 1.99. The summed E-state index contributed by atoms with van der Waals surface area (Å²) in [5.41, 5.74) is 0.977. The lowest BCUT2D eigenvalue weighted by Gasteiger charge is -2.10. The van der Waals surface area contributed by atoms with Gasteiger partial charge < -0.3 is 10.6 Å². The highest BCUT2D eigenvalue weighted by Crippen LogP contribution is 2.12. The summed E-state index contributed by atoms with van der Waals surface area (Å²) in [6, 6.07) is 5.69. The van der Waals surface area contributed by atoms with Crippen molar-refractivity contribution in [3.05, 3.63) is 48.8 Å². The van der Waals surface area contributed by atoms with Crippen molar-refractivity contribution in [2.75, 3.05) is 17.2 Å². The molecule has 0 saturated heterocycles. The lowest BCUT2D eigenvalue weighted by atomic mass is 10.2. The number of rotatable bonds is 6. The van der Waals surface area contributed by atoms with Crippen LogP contribution in [0, 0.1) is 0 Å². The van der Waals surface area contributed by atoms with Gasteiger partial charge in [0.2, 0.25) is 5.95 Å². The van der Waals surface area contributed by atoms with Crippen molar-refractivity contribution in [3.63, 3.8) is 0 Å². The Morgan fingerprint density at radius 3 is 2.91 bits per heavy atom. The molecule has 0 aliphatic rings. The van der Waals surface area contributed by atoms with E-state index in [2.05, 4.69) is 35.7 Å². The van der Waals surface area contributed by atoms with Crippen LogP contribution in [-0.2, 0) is 6.54 Å². The highest BCUT2D eigenvalue weighted by atomic mass is 15.3. The van der Waals surface area contributed by atoms with E-state index in [1.165, 1.54) is 6.33 Å². The maximum absolute atomic E-state index is 4.38. The van der Waals surface area contributed by atoms with Crippen molar-refractivity contribution in [1.82, 2.24) is 29.7 Å². The molecule has 0 saturated carbocycles. The first-order chi connectivity index (χ1) is 10.9. The van der Waals surface area contributed by atoms with Crippen LogP contribution < -0.4 is 10.6 Å². The summed E-state index contributed by atoms with van der Waals surface area (Å²) in [6.45, 7) is 3.38. The standard InChI is InChI=1S/C14H16N8/c1-2-16-12-5-7-18-14(21-12)19-8-11-4-3-6-17-13(11)22-10-15-9-20-22/h3-7,9-10H,2,8H2,1H3,(H2,16,18,19,21). The molecule has 0 unspecified atom stereocenters. The molecule has 112 valence electrons. The summed E-state index contributed by atoms with van der Waals surface area (Å²) in [7, 11) is 0. The van der Waals surface area contributed by atoms with Crippen LogP contribution in [0.4, 0.5) is 11.8 Å². The third-order valence-electron chi connectivity index (χ3n) is 2.95. The SMILES string of the molecule is CCNc1ccnc(NCc2cccnc2-n2cncn2)n1. The second kappa shape index (κ2) is 6.61. The van der Waals surface area contributed by atoms with Crippen LogP contribution in [0.2, 0.25) is 0 Å².